The van der Waals surface area contributed by atoms with E-state index in [4.69, 9.17) is 4.98 Å². The first-order chi connectivity index (χ1) is 31.8. The second kappa shape index (κ2) is 13.6. The number of rotatable bonds is 5. The molecule has 0 spiro atoms. The first-order valence-electron chi connectivity index (χ1n) is 21.8. The first-order valence-corrected chi connectivity index (χ1v) is 22.6. The summed E-state index contributed by atoms with van der Waals surface area (Å²) in [7, 11) is 0. The van der Waals surface area contributed by atoms with Gasteiger partial charge in [0, 0.05) is 58.1 Å². The topological polar surface area (TPSA) is 27.7 Å². The van der Waals surface area contributed by atoms with Crippen LogP contribution < -0.4 is 0 Å². The van der Waals surface area contributed by atoms with Crippen LogP contribution in [0, 0.1) is 0 Å². The Labute approximate surface area is 371 Å². The molecule has 5 aromatic heterocycles. The van der Waals surface area contributed by atoms with E-state index in [9.17, 15) is 0 Å². The van der Waals surface area contributed by atoms with E-state index in [0.717, 1.165) is 56.1 Å². The van der Waals surface area contributed by atoms with Crippen molar-refractivity contribution in [3.8, 4) is 39.6 Å². The molecule has 0 atom stereocenters. The summed E-state index contributed by atoms with van der Waals surface area (Å²) in [4.78, 5) is 5.73. The van der Waals surface area contributed by atoms with Crippen LogP contribution in [0.5, 0.6) is 0 Å². The second-order valence-corrected chi connectivity index (χ2v) is 17.8. The normalized spacial score (nSPS) is 12.1. The lowest BCUT2D eigenvalue weighted by Gasteiger charge is -2.21. The van der Waals surface area contributed by atoms with E-state index in [1.807, 2.05) is 11.3 Å². The highest BCUT2D eigenvalue weighted by atomic mass is 32.1. The van der Waals surface area contributed by atoms with Crippen LogP contribution in [0.2, 0.25) is 0 Å². The van der Waals surface area contributed by atoms with Crippen molar-refractivity contribution in [2.24, 2.45) is 0 Å². The minimum atomic E-state index is 0.856. The first kappa shape index (κ1) is 35.4. The van der Waals surface area contributed by atoms with E-state index >= 15 is 0 Å². The molecule has 0 radical (unpaired) electrons. The number of aromatic nitrogens is 4. The van der Waals surface area contributed by atoms with Crippen molar-refractivity contribution in [1.82, 2.24) is 18.7 Å². The minimum Gasteiger partial charge on any atom is -0.309 e. The lowest BCUT2D eigenvalue weighted by atomic mass is 9.92. The molecule has 0 saturated carbocycles. The predicted octanol–water partition coefficient (Wildman–Crippen LogP) is 16.1. The Morgan fingerprint density at radius 3 is 1.19 bits per heavy atom. The Kier molecular flexibility index (Phi) is 7.53. The number of para-hydroxylation sites is 6. The maximum Gasteiger partial charge on any atom is 0.140 e. The van der Waals surface area contributed by atoms with Gasteiger partial charge in [0.25, 0.3) is 0 Å². The van der Waals surface area contributed by atoms with Gasteiger partial charge in [-0.2, -0.15) is 0 Å². The predicted molar refractivity (Wildman–Crippen MR) is 271 cm³/mol. The van der Waals surface area contributed by atoms with Gasteiger partial charge in [-0.1, -0.05) is 146 Å². The summed E-state index contributed by atoms with van der Waals surface area (Å²) < 4.78 is 9.78. The van der Waals surface area contributed by atoms with Crippen molar-refractivity contribution in [2.45, 2.75) is 0 Å². The zero-order valence-electron chi connectivity index (χ0n) is 34.5. The molecule has 0 aliphatic heterocycles. The summed E-state index contributed by atoms with van der Waals surface area (Å²) in [5, 5.41) is 9.82. The molecule has 0 saturated heterocycles. The van der Waals surface area contributed by atoms with Gasteiger partial charge in [-0.05, 0) is 89.5 Å². The lowest BCUT2D eigenvalue weighted by Crippen LogP contribution is -2.06. The molecule has 0 fully saturated rings. The highest BCUT2D eigenvalue weighted by Crippen LogP contribution is 2.45. The van der Waals surface area contributed by atoms with Crippen molar-refractivity contribution in [1.29, 1.82) is 0 Å². The third-order valence-corrected chi connectivity index (χ3v) is 14.4. The summed E-state index contributed by atoms with van der Waals surface area (Å²) in [5.41, 5.74) is 12.5. The van der Waals surface area contributed by atoms with Gasteiger partial charge in [0.15, 0.2) is 0 Å². The molecule has 0 aliphatic carbocycles. The van der Waals surface area contributed by atoms with Crippen LogP contribution in [0.15, 0.2) is 218 Å². The summed E-state index contributed by atoms with van der Waals surface area (Å²) in [6, 6.07) is 79.8. The van der Waals surface area contributed by atoms with E-state index in [0.29, 0.717) is 0 Å². The van der Waals surface area contributed by atoms with E-state index in [2.05, 4.69) is 232 Å². The zero-order chi connectivity index (χ0) is 41.9. The molecule has 64 heavy (non-hydrogen) atoms. The fourth-order valence-electron chi connectivity index (χ4n) is 10.6. The van der Waals surface area contributed by atoms with Gasteiger partial charge >= 0.3 is 0 Å². The van der Waals surface area contributed by atoms with Gasteiger partial charge < -0.3 is 4.57 Å². The standard InChI is InChI=1S/C59H36N4S/c1-8-24-48-40(16-1)41-17-2-9-25-49(41)61(48)54-30-15-23-39(37-32-33-56-47(34-37)46-22-7-14-31-55(46)64-56)59(54)38-35-57(62-50-26-10-3-18-42(50)43-19-4-11-27-51(43)62)60-58(36-38)63-52-28-12-5-20-44(52)45-21-6-13-29-53(45)63/h1-36H. The molecule has 9 aromatic carbocycles. The van der Waals surface area contributed by atoms with Crippen molar-refractivity contribution in [2.75, 3.05) is 0 Å². The second-order valence-electron chi connectivity index (χ2n) is 16.7. The van der Waals surface area contributed by atoms with Crippen LogP contribution in [0.1, 0.15) is 0 Å². The van der Waals surface area contributed by atoms with Gasteiger partial charge in [0.05, 0.1) is 38.8 Å². The molecule has 5 heterocycles. The van der Waals surface area contributed by atoms with Crippen LogP contribution >= 0.6 is 11.3 Å². The number of benzene rings is 9. The molecular weight excluding hydrogens is 797 g/mol. The van der Waals surface area contributed by atoms with E-state index in [-0.39, 0.29) is 0 Å². The molecule has 14 rings (SSSR count). The molecule has 0 amide bonds. The van der Waals surface area contributed by atoms with Gasteiger partial charge in [-0.15, -0.1) is 11.3 Å². The molecule has 0 aliphatic rings. The van der Waals surface area contributed by atoms with E-state index in [1.165, 1.54) is 69.1 Å². The van der Waals surface area contributed by atoms with Gasteiger partial charge in [-0.3, -0.25) is 9.13 Å². The maximum atomic E-state index is 5.73. The Balaban J connectivity index is 1.15. The van der Waals surface area contributed by atoms with E-state index in [1.54, 1.807) is 0 Å². The number of pyridine rings is 1. The maximum absolute atomic E-state index is 5.73. The van der Waals surface area contributed by atoms with Gasteiger partial charge in [0.1, 0.15) is 11.6 Å². The van der Waals surface area contributed by atoms with Crippen LogP contribution in [0.3, 0.4) is 0 Å². The number of fused-ring (bicyclic) bond motifs is 12. The average Bonchev–Trinajstić information content (AvgIpc) is 4.10. The SMILES string of the molecule is c1cc(-c2ccc3sc4ccccc4c3c2)c(-c2cc(-n3c4ccccc4c4ccccc43)nc(-n3c4ccccc4c4ccccc43)c2)c(-n2c3ccccc3c3ccccc32)c1. The number of nitrogens with zero attached hydrogens (tertiary/aromatic N) is 4. The Hall–Kier alpha value is -8.25. The Bertz CT molecular complexity index is 3920. The summed E-state index contributed by atoms with van der Waals surface area (Å²) in [5.74, 6) is 1.71. The highest BCUT2D eigenvalue weighted by Gasteiger charge is 2.23. The quantitative estimate of drug-likeness (QED) is 0.170. The van der Waals surface area contributed by atoms with Crippen molar-refractivity contribution in [3.05, 3.63) is 218 Å². The fourth-order valence-corrected chi connectivity index (χ4v) is 11.6. The molecule has 4 nitrogen and oxygen atoms in total. The fraction of sp³-hybridized carbons (Fsp3) is 0. The molecule has 14 aromatic rings. The zero-order valence-corrected chi connectivity index (χ0v) is 35.3. The van der Waals surface area contributed by atoms with Crippen LogP contribution in [0.4, 0.5) is 0 Å². The summed E-state index contributed by atoms with van der Waals surface area (Å²) >= 11 is 1.86. The van der Waals surface area contributed by atoms with Crippen molar-refractivity contribution in [3.63, 3.8) is 0 Å². The minimum absolute atomic E-state index is 0.856. The van der Waals surface area contributed by atoms with Gasteiger partial charge in [-0.25, -0.2) is 4.98 Å². The van der Waals surface area contributed by atoms with Crippen LogP contribution in [-0.4, -0.2) is 18.7 Å². The van der Waals surface area contributed by atoms with Crippen LogP contribution in [0.25, 0.3) is 125 Å². The largest absolute Gasteiger partial charge is 0.309 e. The Morgan fingerprint density at radius 2 is 0.703 bits per heavy atom. The van der Waals surface area contributed by atoms with Gasteiger partial charge in [0.2, 0.25) is 0 Å². The van der Waals surface area contributed by atoms with Crippen LogP contribution in [-0.2, 0) is 0 Å². The summed E-state index contributed by atoms with van der Waals surface area (Å²) in [6.07, 6.45) is 0. The Morgan fingerprint density at radius 1 is 0.297 bits per heavy atom. The molecule has 5 heteroatoms. The molecule has 0 unspecified atom stereocenters. The smallest absolute Gasteiger partial charge is 0.140 e. The third-order valence-electron chi connectivity index (χ3n) is 13.3. The molecule has 0 N–H and O–H groups in total. The number of hydrogen-bond acceptors (Lipinski definition) is 2. The third kappa shape index (κ3) is 5.07. The summed E-state index contributed by atoms with van der Waals surface area (Å²) in [6.45, 7) is 0. The monoisotopic (exact) mass is 832 g/mol. The molecule has 0 bridgehead atoms. The number of hydrogen-bond donors (Lipinski definition) is 0. The van der Waals surface area contributed by atoms with Crippen molar-refractivity contribution >= 4 is 96.9 Å². The molecular formula is C59H36N4S. The lowest BCUT2D eigenvalue weighted by molar-refractivity contribution is 1.01. The average molecular weight is 833 g/mol. The van der Waals surface area contributed by atoms with Crippen molar-refractivity contribution < 1.29 is 0 Å². The molecule has 298 valence electrons. The number of thiophene rings is 1. The van der Waals surface area contributed by atoms with E-state index < -0.39 is 0 Å². The highest BCUT2D eigenvalue weighted by molar-refractivity contribution is 7.25.